The number of aryl methyl sites for hydroxylation is 1. The third kappa shape index (κ3) is 3.20. The van der Waals surface area contributed by atoms with Crippen LogP contribution in [0, 0.1) is 6.92 Å². The minimum absolute atomic E-state index is 0.0400. The van der Waals surface area contributed by atoms with E-state index in [1.54, 1.807) is 37.3 Å². The lowest BCUT2D eigenvalue weighted by molar-refractivity contribution is 0.0687. The maximum atomic E-state index is 11.9. The van der Waals surface area contributed by atoms with Crippen LogP contribution in [0.4, 0.5) is 0 Å². The van der Waals surface area contributed by atoms with Crippen LogP contribution in [0.3, 0.4) is 0 Å². The van der Waals surface area contributed by atoms with Crippen molar-refractivity contribution < 1.29 is 19.4 Å². The molecule has 2 rings (SSSR count). The van der Waals surface area contributed by atoms with Gasteiger partial charge in [-0.1, -0.05) is 30.3 Å². The van der Waals surface area contributed by atoms with Crippen molar-refractivity contribution in [1.29, 1.82) is 0 Å². The number of benzene rings is 1. The minimum Gasteiger partial charge on any atom is -0.477 e. The summed E-state index contributed by atoms with van der Waals surface area (Å²) in [4.78, 5) is 26.9. The maximum absolute atomic E-state index is 11.9. The highest BCUT2D eigenvalue weighted by Crippen LogP contribution is 2.16. The quantitative estimate of drug-likeness (QED) is 0.845. The molecule has 5 nitrogen and oxygen atoms in total. The van der Waals surface area contributed by atoms with Gasteiger partial charge in [-0.15, -0.1) is 0 Å². The van der Waals surface area contributed by atoms with Gasteiger partial charge in [0.05, 0.1) is 0 Å². The molecule has 0 bridgehead atoms. The molecular weight excluding hydrogens is 258 g/mol. The van der Waals surface area contributed by atoms with Crippen LogP contribution in [-0.2, 0) is 0 Å². The molecule has 1 heterocycles. The SMILES string of the molecule is Cc1ccc(C(=O)O)c(OCC(=O)c2ccccc2)n1. The summed E-state index contributed by atoms with van der Waals surface area (Å²) in [6, 6.07) is 11.6. The van der Waals surface area contributed by atoms with Crippen LogP contribution in [0.25, 0.3) is 0 Å². The molecule has 0 atom stereocenters. The van der Waals surface area contributed by atoms with E-state index < -0.39 is 5.97 Å². The molecular formula is C15H13NO4. The standard InChI is InChI=1S/C15H13NO4/c1-10-7-8-12(15(18)19)14(16-10)20-9-13(17)11-5-3-2-4-6-11/h2-8H,9H2,1H3,(H,18,19). The molecule has 2 aromatic rings. The molecule has 0 fully saturated rings. The van der Waals surface area contributed by atoms with Gasteiger partial charge in [-0.2, -0.15) is 0 Å². The number of hydrogen-bond acceptors (Lipinski definition) is 4. The highest BCUT2D eigenvalue weighted by atomic mass is 16.5. The third-order valence-electron chi connectivity index (χ3n) is 2.67. The Hall–Kier alpha value is -2.69. The number of carboxylic acid groups (broad SMARTS) is 1. The van der Waals surface area contributed by atoms with Crippen molar-refractivity contribution in [3.63, 3.8) is 0 Å². The number of ketones is 1. The van der Waals surface area contributed by atoms with E-state index >= 15 is 0 Å². The van der Waals surface area contributed by atoms with E-state index in [2.05, 4.69) is 4.98 Å². The lowest BCUT2D eigenvalue weighted by Gasteiger charge is -2.08. The van der Waals surface area contributed by atoms with Crippen molar-refractivity contribution >= 4 is 11.8 Å². The van der Waals surface area contributed by atoms with Crippen molar-refractivity contribution in [2.45, 2.75) is 6.92 Å². The predicted molar refractivity (Wildman–Crippen MR) is 72.2 cm³/mol. The van der Waals surface area contributed by atoms with Gasteiger partial charge in [0.2, 0.25) is 5.88 Å². The summed E-state index contributed by atoms with van der Waals surface area (Å²) in [5.41, 5.74) is 1.07. The number of rotatable bonds is 5. The Morgan fingerprint density at radius 3 is 2.50 bits per heavy atom. The molecule has 0 unspecified atom stereocenters. The van der Waals surface area contributed by atoms with Crippen molar-refractivity contribution in [3.05, 3.63) is 59.3 Å². The molecule has 1 N–H and O–H groups in total. The lowest BCUT2D eigenvalue weighted by atomic mass is 10.1. The van der Waals surface area contributed by atoms with Gasteiger partial charge in [-0.25, -0.2) is 9.78 Å². The second kappa shape index (κ2) is 5.97. The summed E-state index contributed by atoms with van der Waals surface area (Å²) in [5.74, 6) is -1.41. The molecule has 5 heteroatoms. The van der Waals surface area contributed by atoms with E-state index in [4.69, 9.17) is 9.84 Å². The monoisotopic (exact) mass is 271 g/mol. The van der Waals surface area contributed by atoms with Crippen LogP contribution in [0.1, 0.15) is 26.4 Å². The van der Waals surface area contributed by atoms with Crippen molar-refractivity contribution in [2.75, 3.05) is 6.61 Å². The summed E-state index contributed by atoms with van der Waals surface area (Å²) >= 11 is 0. The van der Waals surface area contributed by atoms with Crippen molar-refractivity contribution in [1.82, 2.24) is 4.98 Å². The zero-order valence-electron chi connectivity index (χ0n) is 10.9. The molecule has 0 radical (unpaired) electrons. The van der Waals surface area contributed by atoms with Gasteiger partial charge in [0.15, 0.2) is 12.4 Å². The van der Waals surface area contributed by atoms with E-state index in [9.17, 15) is 9.59 Å². The first-order chi connectivity index (χ1) is 9.58. The van der Waals surface area contributed by atoms with Crippen LogP contribution in [-0.4, -0.2) is 28.4 Å². The van der Waals surface area contributed by atoms with Gasteiger partial charge in [-0.05, 0) is 19.1 Å². The summed E-state index contributed by atoms with van der Waals surface area (Å²) in [6.07, 6.45) is 0. The molecule has 0 saturated heterocycles. The number of aromatic carboxylic acids is 1. The molecule has 102 valence electrons. The second-order valence-corrected chi connectivity index (χ2v) is 4.19. The molecule has 1 aromatic carbocycles. The molecule has 0 aliphatic carbocycles. The number of Topliss-reactive ketones (excluding diaryl/α,β-unsaturated/α-hetero) is 1. The van der Waals surface area contributed by atoms with Gasteiger partial charge in [0.25, 0.3) is 0 Å². The van der Waals surface area contributed by atoms with Crippen LogP contribution >= 0.6 is 0 Å². The zero-order chi connectivity index (χ0) is 14.5. The smallest absolute Gasteiger partial charge is 0.341 e. The van der Waals surface area contributed by atoms with Crippen LogP contribution in [0.5, 0.6) is 5.88 Å². The number of carbonyl (C=O) groups is 2. The van der Waals surface area contributed by atoms with Gasteiger partial charge in [0, 0.05) is 11.3 Å². The Balaban J connectivity index is 2.13. The largest absolute Gasteiger partial charge is 0.477 e. The third-order valence-corrected chi connectivity index (χ3v) is 2.67. The Morgan fingerprint density at radius 1 is 1.15 bits per heavy atom. The van der Waals surface area contributed by atoms with E-state index in [1.165, 1.54) is 6.07 Å². The molecule has 0 saturated carbocycles. The summed E-state index contributed by atoms with van der Waals surface area (Å²) in [5, 5.41) is 9.03. The Labute approximate surface area is 115 Å². The Bertz CT molecular complexity index is 638. The molecule has 1 aromatic heterocycles. The maximum Gasteiger partial charge on any atom is 0.341 e. The van der Waals surface area contributed by atoms with E-state index in [0.29, 0.717) is 11.3 Å². The lowest BCUT2D eigenvalue weighted by Crippen LogP contribution is -2.14. The molecule has 0 spiro atoms. The highest BCUT2D eigenvalue weighted by Gasteiger charge is 2.15. The van der Waals surface area contributed by atoms with E-state index in [0.717, 1.165) is 0 Å². The van der Waals surface area contributed by atoms with Crippen LogP contribution in [0.2, 0.25) is 0 Å². The fourth-order valence-electron chi connectivity index (χ4n) is 1.65. The number of carboxylic acids is 1. The number of ether oxygens (including phenoxy) is 1. The fourth-order valence-corrected chi connectivity index (χ4v) is 1.65. The molecule has 0 aliphatic heterocycles. The topological polar surface area (TPSA) is 76.5 Å². The van der Waals surface area contributed by atoms with Gasteiger partial charge >= 0.3 is 5.97 Å². The minimum atomic E-state index is -1.14. The first kappa shape index (κ1) is 13.7. The number of nitrogens with zero attached hydrogens (tertiary/aromatic N) is 1. The van der Waals surface area contributed by atoms with Crippen molar-refractivity contribution in [3.8, 4) is 5.88 Å². The van der Waals surface area contributed by atoms with Gasteiger partial charge in [-0.3, -0.25) is 4.79 Å². The molecule has 20 heavy (non-hydrogen) atoms. The Morgan fingerprint density at radius 2 is 1.85 bits per heavy atom. The average Bonchev–Trinajstić information content (AvgIpc) is 2.45. The highest BCUT2D eigenvalue weighted by molar-refractivity contribution is 5.97. The number of hydrogen-bond donors (Lipinski definition) is 1. The number of aromatic nitrogens is 1. The fraction of sp³-hybridized carbons (Fsp3) is 0.133. The summed E-state index contributed by atoms with van der Waals surface area (Å²) < 4.78 is 5.25. The number of pyridine rings is 1. The van der Waals surface area contributed by atoms with Crippen LogP contribution in [0.15, 0.2) is 42.5 Å². The zero-order valence-corrected chi connectivity index (χ0v) is 10.9. The molecule has 0 amide bonds. The average molecular weight is 271 g/mol. The normalized spacial score (nSPS) is 10.1. The summed E-state index contributed by atoms with van der Waals surface area (Å²) in [7, 11) is 0. The molecule has 0 aliphatic rings. The van der Waals surface area contributed by atoms with Gasteiger partial charge in [0.1, 0.15) is 5.56 Å². The van der Waals surface area contributed by atoms with E-state index in [1.807, 2.05) is 6.07 Å². The first-order valence-corrected chi connectivity index (χ1v) is 6.00. The van der Waals surface area contributed by atoms with E-state index in [-0.39, 0.29) is 23.8 Å². The summed E-state index contributed by atoms with van der Waals surface area (Å²) in [6.45, 7) is 1.47. The van der Waals surface area contributed by atoms with Crippen LogP contribution < -0.4 is 4.74 Å². The Kier molecular flexibility index (Phi) is 4.10. The predicted octanol–water partition coefficient (Wildman–Crippen LogP) is 2.35. The van der Waals surface area contributed by atoms with Crippen molar-refractivity contribution in [2.24, 2.45) is 0 Å². The van der Waals surface area contributed by atoms with Gasteiger partial charge < -0.3 is 9.84 Å². The number of carbonyl (C=O) groups excluding carboxylic acids is 1. The second-order valence-electron chi connectivity index (χ2n) is 4.19. The first-order valence-electron chi connectivity index (χ1n) is 6.00.